The Bertz CT molecular complexity index is 286. The molecule has 0 saturated carbocycles. The summed E-state index contributed by atoms with van der Waals surface area (Å²) in [7, 11) is 0. The van der Waals surface area contributed by atoms with Crippen molar-refractivity contribution in [3.8, 4) is 0 Å². The van der Waals surface area contributed by atoms with Gasteiger partial charge in [-0.3, -0.25) is 4.79 Å². The van der Waals surface area contributed by atoms with Gasteiger partial charge < -0.3 is 4.74 Å². The van der Waals surface area contributed by atoms with Gasteiger partial charge in [-0.15, -0.1) is 0 Å². The van der Waals surface area contributed by atoms with Gasteiger partial charge >= 0.3 is 0 Å². The summed E-state index contributed by atoms with van der Waals surface area (Å²) in [4.78, 5) is 10.4. The fourth-order valence-electron chi connectivity index (χ4n) is 1.04. The fraction of sp³-hybridized carbons (Fsp3) is 0.300. The second-order valence-corrected chi connectivity index (χ2v) is 2.47. The number of carbonyl (C=O) groups excluding carboxylic acids is 1. The van der Waals surface area contributed by atoms with Gasteiger partial charge in [0.05, 0.1) is 0 Å². The predicted octanol–water partition coefficient (Wildman–Crippen LogP) is 2.01. The van der Waals surface area contributed by atoms with Crippen molar-refractivity contribution in [3.05, 3.63) is 35.6 Å². The minimum absolute atomic E-state index is 0.236. The molecule has 13 heavy (non-hydrogen) atoms. The van der Waals surface area contributed by atoms with E-state index in [1.807, 2.05) is 0 Å². The van der Waals surface area contributed by atoms with Crippen LogP contribution in [0.15, 0.2) is 24.3 Å². The highest BCUT2D eigenvalue weighted by molar-refractivity contribution is 5.60. The molecule has 0 bridgehead atoms. The van der Waals surface area contributed by atoms with E-state index in [4.69, 9.17) is 4.74 Å². The molecule has 1 aromatic rings. The number of hydrogen-bond acceptors (Lipinski definition) is 2. The molecule has 69 valence electrons. The smallest absolute Gasteiger partial charge is 0.234 e. The molecule has 0 aliphatic heterocycles. The monoisotopic (exact) mass is 181 g/mol. The third kappa shape index (κ3) is 2.36. The lowest BCUT2D eigenvalue weighted by Crippen LogP contribution is -2.07. The Morgan fingerprint density at radius 2 is 2.23 bits per heavy atom. The molecule has 0 unspecified atom stereocenters. The lowest BCUT2D eigenvalue weighted by Gasteiger charge is -2.09. The van der Waals surface area contributed by atoms with E-state index in [0.29, 0.717) is 6.61 Å². The van der Waals surface area contributed by atoms with Crippen molar-refractivity contribution in [2.24, 2.45) is 0 Å². The Morgan fingerprint density at radius 3 is 2.77 bits per heavy atom. The SMILES string of the molecule is CCO[C@@H]([C]=O)c1ccccc1F. The van der Waals surface area contributed by atoms with E-state index in [2.05, 4.69) is 0 Å². The molecule has 0 aliphatic rings. The Kier molecular flexibility index (Phi) is 3.58. The van der Waals surface area contributed by atoms with Gasteiger partial charge in [0.25, 0.3) is 0 Å². The van der Waals surface area contributed by atoms with E-state index in [1.165, 1.54) is 12.1 Å². The first-order valence-electron chi connectivity index (χ1n) is 4.03. The van der Waals surface area contributed by atoms with Crippen LogP contribution in [0.1, 0.15) is 18.6 Å². The highest BCUT2D eigenvalue weighted by Crippen LogP contribution is 2.17. The summed E-state index contributed by atoms with van der Waals surface area (Å²) in [5.74, 6) is -0.440. The van der Waals surface area contributed by atoms with Crippen molar-refractivity contribution in [2.45, 2.75) is 13.0 Å². The van der Waals surface area contributed by atoms with Crippen molar-refractivity contribution >= 4 is 6.29 Å². The fourth-order valence-corrected chi connectivity index (χ4v) is 1.04. The van der Waals surface area contributed by atoms with Crippen LogP contribution in [0.5, 0.6) is 0 Å². The van der Waals surface area contributed by atoms with Crippen LogP contribution in [-0.2, 0) is 9.53 Å². The molecule has 3 heteroatoms. The number of rotatable bonds is 4. The second kappa shape index (κ2) is 4.72. The van der Waals surface area contributed by atoms with E-state index in [9.17, 15) is 9.18 Å². The van der Waals surface area contributed by atoms with E-state index in [1.54, 1.807) is 25.3 Å². The summed E-state index contributed by atoms with van der Waals surface area (Å²) < 4.78 is 18.1. The maximum atomic E-state index is 13.1. The van der Waals surface area contributed by atoms with Gasteiger partial charge in [-0.1, -0.05) is 18.2 Å². The molecule has 0 fully saturated rings. The first kappa shape index (κ1) is 9.86. The maximum absolute atomic E-state index is 13.1. The highest BCUT2D eigenvalue weighted by atomic mass is 19.1. The number of halogens is 1. The van der Waals surface area contributed by atoms with Crippen LogP contribution >= 0.6 is 0 Å². The van der Waals surface area contributed by atoms with Gasteiger partial charge in [0, 0.05) is 12.2 Å². The first-order chi connectivity index (χ1) is 6.29. The lowest BCUT2D eigenvalue weighted by atomic mass is 10.1. The minimum Gasteiger partial charge on any atom is -0.365 e. The van der Waals surface area contributed by atoms with Crippen LogP contribution in [0, 0.1) is 5.82 Å². The largest absolute Gasteiger partial charge is 0.365 e. The van der Waals surface area contributed by atoms with Crippen molar-refractivity contribution < 1.29 is 13.9 Å². The van der Waals surface area contributed by atoms with Crippen molar-refractivity contribution in [2.75, 3.05) is 6.61 Å². The number of ether oxygens (including phenoxy) is 1. The highest BCUT2D eigenvalue weighted by Gasteiger charge is 2.14. The first-order valence-corrected chi connectivity index (χ1v) is 4.03. The van der Waals surface area contributed by atoms with Gasteiger partial charge in [-0.25, -0.2) is 4.39 Å². The van der Waals surface area contributed by atoms with E-state index in [-0.39, 0.29) is 5.56 Å². The molecule has 2 nitrogen and oxygen atoms in total. The summed E-state index contributed by atoms with van der Waals surface area (Å²) in [5, 5.41) is 0. The number of benzene rings is 1. The van der Waals surface area contributed by atoms with Crippen LogP contribution in [0.3, 0.4) is 0 Å². The van der Waals surface area contributed by atoms with Crippen molar-refractivity contribution in [3.63, 3.8) is 0 Å². The Balaban J connectivity index is 2.90. The molecule has 0 saturated heterocycles. The van der Waals surface area contributed by atoms with Gasteiger partial charge in [-0.2, -0.15) is 0 Å². The topological polar surface area (TPSA) is 26.3 Å². The quantitative estimate of drug-likeness (QED) is 0.710. The molecule has 0 aliphatic carbocycles. The van der Waals surface area contributed by atoms with Gasteiger partial charge in [0.15, 0.2) is 6.10 Å². The average molecular weight is 181 g/mol. The molecule has 1 radical (unpaired) electrons. The zero-order valence-corrected chi connectivity index (χ0v) is 7.29. The van der Waals surface area contributed by atoms with Crippen molar-refractivity contribution in [1.82, 2.24) is 0 Å². The van der Waals surface area contributed by atoms with Gasteiger partial charge in [0.1, 0.15) is 5.82 Å². The molecule has 0 amide bonds. The zero-order valence-electron chi connectivity index (χ0n) is 7.29. The Morgan fingerprint density at radius 1 is 1.54 bits per heavy atom. The van der Waals surface area contributed by atoms with Crippen LogP contribution in [-0.4, -0.2) is 12.9 Å². The van der Waals surface area contributed by atoms with E-state index < -0.39 is 11.9 Å². The normalized spacial score (nSPS) is 12.5. The summed E-state index contributed by atoms with van der Waals surface area (Å²) in [5.41, 5.74) is 0.236. The summed E-state index contributed by atoms with van der Waals surface area (Å²) in [6.07, 6.45) is 0.737. The zero-order chi connectivity index (χ0) is 9.68. The Hall–Kier alpha value is -1.22. The van der Waals surface area contributed by atoms with Crippen LogP contribution in [0.25, 0.3) is 0 Å². The third-order valence-corrected chi connectivity index (χ3v) is 1.63. The number of hydrogen-bond donors (Lipinski definition) is 0. The third-order valence-electron chi connectivity index (χ3n) is 1.63. The standard InChI is InChI=1S/C10H10FO2/c1-2-13-10(7-12)8-5-3-4-6-9(8)11/h3-6,10H,2H2,1H3/t10-/m0/s1. The van der Waals surface area contributed by atoms with Gasteiger partial charge in [-0.05, 0) is 13.0 Å². The summed E-state index contributed by atoms with van der Waals surface area (Å²) in [6, 6.07) is 6.02. The predicted molar refractivity (Wildman–Crippen MR) is 46.5 cm³/mol. The molecule has 1 atom stereocenters. The molecule has 0 N–H and O–H groups in total. The molecule has 0 spiro atoms. The van der Waals surface area contributed by atoms with E-state index >= 15 is 0 Å². The van der Waals surface area contributed by atoms with E-state index in [0.717, 1.165) is 0 Å². The van der Waals surface area contributed by atoms with Crippen molar-refractivity contribution in [1.29, 1.82) is 0 Å². The average Bonchev–Trinajstić information content (AvgIpc) is 2.16. The second-order valence-electron chi connectivity index (χ2n) is 2.47. The minimum atomic E-state index is -0.911. The summed E-state index contributed by atoms with van der Waals surface area (Å²) >= 11 is 0. The van der Waals surface area contributed by atoms with Crippen LogP contribution in [0.4, 0.5) is 4.39 Å². The molecule has 1 rings (SSSR count). The molecule has 1 aromatic carbocycles. The summed E-state index contributed by atoms with van der Waals surface area (Å²) in [6.45, 7) is 2.10. The molecule has 0 heterocycles. The lowest BCUT2D eigenvalue weighted by molar-refractivity contribution is 0.105. The molecular weight excluding hydrogens is 171 g/mol. The molecular formula is C10H10FO2. The maximum Gasteiger partial charge on any atom is 0.234 e. The molecule has 0 aromatic heterocycles. The van der Waals surface area contributed by atoms with Gasteiger partial charge in [0.2, 0.25) is 6.29 Å². The van der Waals surface area contributed by atoms with Crippen LogP contribution < -0.4 is 0 Å². The Labute approximate surface area is 76.3 Å². The van der Waals surface area contributed by atoms with Crippen LogP contribution in [0.2, 0.25) is 0 Å².